The van der Waals surface area contributed by atoms with Crippen LogP contribution in [0.2, 0.25) is 0 Å². The second-order valence-corrected chi connectivity index (χ2v) is 12.4. The van der Waals surface area contributed by atoms with E-state index in [-0.39, 0.29) is 0 Å². The summed E-state index contributed by atoms with van der Waals surface area (Å²) in [6.45, 7) is 26.1. The number of likely N-dealkylation sites (N-methyl/N-ethyl adjacent to an activating group) is 1. The molecule has 0 aromatic carbocycles. The molecular formula is C32H75N11. The molecule has 0 aromatic heterocycles. The highest BCUT2D eigenvalue weighted by molar-refractivity contribution is 4.72. The topological polar surface area (TPSA) is 102 Å². The fourth-order valence-electron chi connectivity index (χ4n) is 5.70. The van der Waals surface area contributed by atoms with Gasteiger partial charge in [0.05, 0.1) is 0 Å². The Morgan fingerprint density at radius 1 is 0.488 bits per heavy atom. The average molecular weight is 614 g/mol. The zero-order valence-electron chi connectivity index (χ0n) is 29.1. The van der Waals surface area contributed by atoms with Crippen LogP contribution < -0.4 is 32.3 Å². The predicted molar refractivity (Wildman–Crippen MR) is 188 cm³/mol. The molecule has 0 amide bonds. The number of nitrogens with zero attached hydrogens (tertiary/aromatic N) is 5. The Morgan fingerprint density at radius 2 is 0.884 bits per heavy atom. The SMILES string of the molecule is CN1CCCCC1.CNCCCN1CCN(CCCN)CC1.CNCCCN1CCNCC1.CNCCN1CCNCC1. The molecule has 11 nitrogen and oxygen atoms in total. The lowest BCUT2D eigenvalue weighted by Gasteiger charge is -2.34. The van der Waals surface area contributed by atoms with Crippen LogP contribution in [-0.4, -0.2) is 197 Å². The van der Waals surface area contributed by atoms with Crippen molar-refractivity contribution in [2.24, 2.45) is 5.73 Å². The maximum Gasteiger partial charge on any atom is 0.0110 e. The van der Waals surface area contributed by atoms with Crippen molar-refractivity contribution in [3.05, 3.63) is 0 Å². The van der Waals surface area contributed by atoms with Gasteiger partial charge >= 0.3 is 0 Å². The Kier molecular flexibility index (Phi) is 28.5. The number of nitrogens with one attached hydrogen (secondary N) is 5. The van der Waals surface area contributed by atoms with E-state index in [1.807, 2.05) is 21.1 Å². The molecule has 11 heteroatoms. The van der Waals surface area contributed by atoms with Gasteiger partial charge in [-0.3, -0.25) is 4.90 Å². The molecule has 4 aliphatic heterocycles. The maximum atomic E-state index is 5.51. The van der Waals surface area contributed by atoms with E-state index in [1.165, 1.54) is 137 Å². The first kappa shape index (κ1) is 40.6. The van der Waals surface area contributed by atoms with E-state index in [9.17, 15) is 0 Å². The van der Waals surface area contributed by atoms with E-state index >= 15 is 0 Å². The van der Waals surface area contributed by atoms with Crippen LogP contribution in [0.1, 0.15) is 38.5 Å². The highest BCUT2D eigenvalue weighted by Crippen LogP contribution is 2.05. The van der Waals surface area contributed by atoms with Gasteiger partial charge in [-0.2, -0.15) is 0 Å². The second kappa shape index (κ2) is 30.2. The molecule has 0 radical (unpaired) electrons. The molecule has 4 rings (SSSR count). The summed E-state index contributed by atoms with van der Waals surface area (Å²) in [5.41, 5.74) is 5.51. The number of rotatable bonds is 14. The minimum atomic E-state index is 0.822. The van der Waals surface area contributed by atoms with E-state index in [4.69, 9.17) is 5.73 Å². The normalized spacial score (nSPS) is 21.1. The van der Waals surface area contributed by atoms with Gasteiger partial charge in [0.2, 0.25) is 0 Å². The number of likely N-dealkylation sites (tertiary alicyclic amines) is 1. The van der Waals surface area contributed by atoms with E-state index in [2.05, 4.69) is 58.1 Å². The molecule has 0 saturated carbocycles. The summed E-state index contributed by atoms with van der Waals surface area (Å²) < 4.78 is 0. The molecule has 7 N–H and O–H groups in total. The first-order valence-electron chi connectivity index (χ1n) is 17.8. The molecule has 43 heavy (non-hydrogen) atoms. The summed E-state index contributed by atoms with van der Waals surface area (Å²) in [5, 5.41) is 16.2. The lowest BCUT2D eigenvalue weighted by atomic mass is 10.1. The third kappa shape index (κ3) is 24.5. The van der Waals surface area contributed by atoms with Gasteiger partial charge in [0.25, 0.3) is 0 Å². The lowest BCUT2D eigenvalue weighted by Crippen LogP contribution is -2.47. The zero-order valence-corrected chi connectivity index (χ0v) is 29.1. The van der Waals surface area contributed by atoms with Crippen LogP contribution in [0.4, 0.5) is 0 Å². The molecule has 0 aromatic rings. The van der Waals surface area contributed by atoms with E-state index < -0.39 is 0 Å². The van der Waals surface area contributed by atoms with Gasteiger partial charge in [-0.1, -0.05) is 6.42 Å². The monoisotopic (exact) mass is 614 g/mol. The Hall–Kier alpha value is -0.440. The Balaban J connectivity index is 0.000000296. The van der Waals surface area contributed by atoms with Crippen LogP contribution >= 0.6 is 0 Å². The van der Waals surface area contributed by atoms with Crippen LogP contribution in [-0.2, 0) is 0 Å². The highest BCUT2D eigenvalue weighted by Gasteiger charge is 2.15. The van der Waals surface area contributed by atoms with Gasteiger partial charge in [-0.25, -0.2) is 0 Å². The molecule has 4 aliphatic rings. The summed E-state index contributed by atoms with van der Waals surface area (Å²) in [6.07, 6.45) is 7.95. The summed E-state index contributed by atoms with van der Waals surface area (Å²) in [7, 11) is 8.23. The van der Waals surface area contributed by atoms with Crippen LogP contribution in [0.15, 0.2) is 0 Å². The van der Waals surface area contributed by atoms with Crippen LogP contribution in [0, 0.1) is 0 Å². The largest absolute Gasteiger partial charge is 0.330 e. The number of hydrogen-bond donors (Lipinski definition) is 6. The molecule has 4 fully saturated rings. The molecule has 0 aliphatic carbocycles. The molecule has 0 bridgehead atoms. The van der Waals surface area contributed by atoms with Gasteiger partial charge in [0.1, 0.15) is 0 Å². The third-order valence-corrected chi connectivity index (χ3v) is 8.62. The Labute approximate surface area is 267 Å². The number of nitrogens with two attached hydrogens (primary N) is 1. The molecule has 0 unspecified atom stereocenters. The summed E-state index contributed by atoms with van der Waals surface area (Å²) in [6, 6.07) is 0. The molecule has 258 valence electrons. The number of hydrogen-bond acceptors (Lipinski definition) is 11. The van der Waals surface area contributed by atoms with Crippen molar-refractivity contribution >= 4 is 0 Å². The Bertz CT molecular complexity index is 545. The first-order valence-corrected chi connectivity index (χ1v) is 17.8. The van der Waals surface area contributed by atoms with E-state index in [0.29, 0.717) is 0 Å². The quantitative estimate of drug-likeness (QED) is 0.140. The summed E-state index contributed by atoms with van der Waals surface area (Å²) >= 11 is 0. The van der Waals surface area contributed by atoms with Crippen molar-refractivity contribution in [2.45, 2.75) is 38.5 Å². The molecule has 4 heterocycles. The van der Waals surface area contributed by atoms with Gasteiger partial charge < -0.3 is 51.9 Å². The average Bonchev–Trinajstić information content (AvgIpc) is 3.06. The zero-order chi connectivity index (χ0) is 31.2. The van der Waals surface area contributed by atoms with Crippen molar-refractivity contribution in [3.63, 3.8) is 0 Å². The smallest absolute Gasteiger partial charge is 0.0110 e. The van der Waals surface area contributed by atoms with Crippen LogP contribution in [0.25, 0.3) is 0 Å². The van der Waals surface area contributed by atoms with Gasteiger partial charge in [0, 0.05) is 91.6 Å². The summed E-state index contributed by atoms with van der Waals surface area (Å²) in [5.74, 6) is 0. The summed E-state index contributed by atoms with van der Waals surface area (Å²) in [4.78, 5) is 12.5. The van der Waals surface area contributed by atoms with E-state index in [1.54, 1.807) is 0 Å². The minimum Gasteiger partial charge on any atom is -0.330 e. The minimum absolute atomic E-state index is 0.822. The lowest BCUT2D eigenvalue weighted by molar-refractivity contribution is 0.131. The first-order chi connectivity index (χ1) is 21.1. The van der Waals surface area contributed by atoms with Crippen molar-refractivity contribution in [1.29, 1.82) is 0 Å². The fraction of sp³-hybridized carbons (Fsp3) is 1.00. The Morgan fingerprint density at radius 3 is 1.26 bits per heavy atom. The van der Waals surface area contributed by atoms with Gasteiger partial charge in [0.15, 0.2) is 0 Å². The second-order valence-electron chi connectivity index (χ2n) is 12.4. The van der Waals surface area contributed by atoms with Crippen molar-refractivity contribution in [2.75, 3.05) is 172 Å². The molecule has 0 atom stereocenters. The number of piperazine rings is 3. The third-order valence-electron chi connectivity index (χ3n) is 8.62. The van der Waals surface area contributed by atoms with E-state index in [0.717, 1.165) is 45.7 Å². The molecule has 0 spiro atoms. The maximum absolute atomic E-state index is 5.51. The van der Waals surface area contributed by atoms with Crippen LogP contribution in [0.3, 0.4) is 0 Å². The predicted octanol–water partition coefficient (Wildman–Crippen LogP) is -0.724. The molecular weight excluding hydrogens is 538 g/mol. The highest BCUT2D eigenvalue weighted by atomic mass is 15.3. The van der Waals surface area contributed by atoms with Crippen LogP contribution in [0.5, 0.6) is 0 Å². The van der Waals surface area contributed by atoms with Gasteiger partial charge in [-0.15, -0.1) is 0 Å². The van der Waals surface area contributed by atoms with Crippen molar-refractivity contribution in [3.8, 4) is 0 Å². The van der Waals surface area contributed by atoms with Gasteiger partial charge in [-0.05, 0) is 113 Å². The fourth-order valence-corrected chi connectivity index (χ4v) is 5.70. The standard InChI is InChI=1S/C11H26N4.C8H19N3.C7H17N3.C6H13N/c1-13-5-3-7-15-10-8-14(9-11-15)6-2-4-12;1-9-3-2-6-11-7-4-10-5-8-11;1-8-2-5-10-6-3-9-4-7-10;1-7-5-3-2-4-6-7/h13H,2-12H2,1H3;9-10H,2-8H2,1H3;8-9H,2-7H2,1H3;2-6H2,1H3. The van der Waals surface area contributed by atoms with Crippen molar-refractivity contribution < 1.29 is 0 Å². The molecule has 4 saturated heterocycles. The van der Waals surface area contributed by atoms with Crippen molar-refractivity contribution in [1.82, 2.24) is 51.1 Å². The number of piperidine rings is 1.